The Hall–Kier alpha value is -1.36. The van der Waals surface area contributed by atoms with Crippen molar-refractivity contribution < 1.29 is 14.3 Å². The van der Waals surface area contributed by atoms with Crippen LogP contribution in [0.25, 0.3) is 0 Å². The van der Waals surface area contributed by atoms with Crippen molar-refractivity contribution in [2.75, 3.05) is 13.7 Å². The number of carbonyl (C=O) groups is 2. The maximum absolute atomic E-state index is 11.5. The largest absolute Gasteiger partial charge is 0.495 e. The van der Waals surface area contributed by atoms with E-state index in [9.17, 15) is 9.59 Å². The van der Waals surface area contributed by atoms with Crippen LogP contribution in [0.2, 0.25) is 0 Å². The molecule has 0 aliphatic rings. The standard InChI is InChI=1S/C9H11NO3S/c1-6(11)5-10-9(12)8-7(13-2)3-4-14-8/h3-4H,5H2,1-2H3,(H,10,12). The molecule has 0 aliphatic heterocycles. The van der Waals surface area contributed by atoms with Crippen LogP contribution in [0, 0.1) is 0 Å². The van der Waals surface area contributed by atoms with Crippen LogP contribution >= 0.6 is 11.3 Å². The first-order chi connectivity index (χ1) is 6.65. The average Bonchev–Trinajstić information content (AvgIpc) is 2.61. The lowest BCUT2D eigenvalue weighted by Crippen LogP contribution is -2.27. The quantitative estimate of drug-likeness (QED) is 0.814. The van der Waals surface area contributed by atoms with Crippen molar-refractivity contribution in [1.29, 1.82) is 0 Å². The number of ether oxygens (including phenoxy) is 1. The molecular weight excluding hydrogens is 202 g/mol. The molecule has 5 heteroatoms. The lowest BCUT2D eigenvalue weighted by molar-refractivity contribution is -0.116. The van der Waals surface area contributed by atoms with E-state index >= 15 is 0 Å². The number of thiophene rings is 1. The average molecular weight is 213 g/mol. The number of carbonyl (C=O) groups excluding carboxylic acids is 2. The Morgan fingerprint density at radius 3 is 2.86 bits per heavy atom. The van der Waals surface area contributed by atoms with Crippen LogP contribution < -0.4 is 10.1 Å². The van der Waals surface area contributed by atoms with Crippen molar-refractivity contribution >= 4 is 23.0 Å². The monoisotopic (exact) mass is 213 g/mol. The smallest absolute Gasteiger partial charge is 0.265 e. The van der Waals surface area contributed by atoms with Crippen molar-refractivity contribution in [2.45, 2.75) is 6.92 Å². The second kappa shape index (κ2) is 4.76. The Morgan fingerprint density at radius 1 is 1.57 bits per heavy atom. The Kier molecular flexibility index (Phi) is 3.64. The summed E-state index contributed by atoms with van der Waals surface area (Å²) >= 11 is 1.29. The number of hydrogen-bond acceptors (Lipinski definition) is 4. The molecule has 0 radical (unpaired) electrons. The molecule has 0 spiro atoms. The SMILES string of the molecule is COc1ccsc1C(=O)NCC(C)=O. The van der Waals surface area contributed by atoms with Crippen molar-refractivity contribution in [3.63, 3.8) is 0 Å². The van der Waals surface area contributed by atoms with Gasteiger partial charge in [0.2, 0.25) is 0 Å². The second-order valence-electron chi connectivity index (χ2n) is 2.70. The van der Waals surface area contributed by atoms with Crippen LogP contribution in [0.4, 0.5) is 0 Å². The zero-order valence-electron chi connectivity index (χ0n) is 7.99. The minimum Gasteiger partial charge on any atom is -0.495 e. The normalized spacial score (nSPS) is 9.57. The van der Waals surface area contributed by atoms with Gasteiger partial charge in [0.05, 0.1) is 13.7 Å². The Balaban J connectivity index is 2.64. The van der Waals surface area contributed by atoms with Gasteiger partial charge < -0.3 is 10.1 Å². The molecule has 0 fully saturated rings. The van der Waals surface area contributed by atoms with Gasteiger partial charge in [-0.15, -0.1) is 11.3 Å². The fraction of sp³-hybridized carbons (Fsp3) is 0.333. The molecule has 1 N–H and O–H groups in total. The number of amides is 1. The summed E-state index contributed by atoms with van der Waals surface area (Å²) in [6, 6.07) is 1.72. The molecule has 0 saturated heterocycles. The summed E-state index contributed by atoms with van der Waals surface area (Å²) in [5, 5.41) is 4.27. The van der Waals surface area contributed by atoms with Crippen LogP contribution in [-0.2, 0) is 4.79 Å². The molecule has 1 heterocycles. The third-order valence-corrected chi connectivity index (χ3v) is 2.45. The molecule has 1 aromatic rings. The predicted molar refractivity (Wildman–Crippen MR) is 53.9 cm³/mol. The Labute approximate surface area is 85.9 Å². The first kappa shape index (κ1) is 10.7. The van der Waals surface area contributed by atoms with E-state index in [4.69, 9.17) is 4.74 Å². The highest BCUT2D eigenvalue weighted by atomic mass is 32.1. The molecule has 1 amide bonds. The van der Waals surface area contributed by atoms with Crippen LogP contribution in [0.3, 0.4) is 0 Å². The lowest BCUT2D eigenvalue weighted by Gasteiger charge is -2.02. The summed E-state index contributed by atoms with van der Waals surface area (Å²) in [5.41, 5.74) is 0. The van der Waals surface area contributed by atoms with Gasteiger partial charge in [-0.3, -0.25) is 9.59 Å². The number of ketones is 1. The Bertz CT molecular complexity index is 346. The van der Waals surface area contributed by atoms with E-state index in [1.807, 2.05) is 0 Å². The minimum absolute atomic E-state index is 0.0554. The van der Waals surface area contributed by atoms with Gasteiger partial charge in [0.1, 0.15) is 16.4 Å². The predicted octanol–water partition coefficient (Wildman–Crippen LogP) is 1.08. The summed E-state index contributed by atoms with van der Waals surface area (Å²) in [7, 11) is 1.50. The van der Waals surface area contributed by atoms with Crippen LogP contribution in [0.15, 0.2) is 11.4 Å². The highest BCUT2D eigenvalue weighted by Gasteiger charge is 2.13. The van der Waals surface area contributed by atoms with Gasteiger partial charge in [0, 0.05) is 0 Å². The minimum atomic E-state index is -0.271. The van der Waals surface area contributed by atoms with E-state index in [0.29, 0.717) is 10.6 Å². The molecule has 0 atom stereocenters. The van der Waals surface area contributed by atoms with Gasteiger partial charge in [-0.2, -0.15) is 0 Å². The molecular formula is C9H11NO3S. The summed E-state index contributed by atoms with van der Waals surface area (Å²) in [4.78, 5) is 22.6. The number of hydrogen-bond donors (Lipinski definition) is 1. The molecule has 0 bridgehead atoms. The molecule has 0 unspecified atom stereocenters. The second-order valence-corrected chi connectivity index (χ2v) is 3.62. The van der Waals surface area contributed by atoms with Crippen molar-refractivity contribution in [1.82, 2.24) is 5.32 Å². The van der Waals surface area contributed by atoms with Gasteiger partial charge in [0.15, 0.2) is 0 Å². The van der Waals surface area contributed by atoms with E-state index < -0.39 is 0 Å². The summed E-state index contributed by atoms with van der Waals surface area (Å²) in [6.45, 7) is 1.48. The van der Waals surface area contributed by atoms with Gasteiger partial charge in [-0.05, 0) is 18.4 Å². The number of rotatable bonds is 4. The van der Waals surface area contributed by atoms with E-state index in [1.165, 1.54) is 25.4 Å². The zero-order chi connectivity index (χ0) is 10.6. The highest BCUT2D eigenvalue weighted by Crippen LogP contribution is 2.23. The van der Waals surface area contributed by atoms with Crippen molar-refractivity contribution in [2.24, 2.45) is 0 Å². The number of nitrogens with one attached hydrogen (secondary N) is 1. The van der Waals surface area contributed by atoms with Gasteiger partial charge >= 0.3 is 0 Å². The number of methoxy groups -OCH3 is 1. The fourth-order valence-corrected chi connectivity index (χ4v) is 1.68. The molecule has 76 valence electrons. The highest BCUT2D eigenvalue weighted by molar-refractivity contribution is 7.12. The molecule has 1 aromatic heterocycles. The first-order valence-corrected chi connectivity index (χ1v) is 4.92. The van der Waals surface area contributed by atoms with Gasteiger partial charge in [-0.1, -0.05) is 0 Å². The molecule has 4 nitrogen and oxygen atoms in total. The first-order valence-electron chi connectivity index (χ1n) is 4.04. The molecule has 0 aromatic carbocycles. The van der Waals surface area contributed by atoms with E-state index in [1.54, 1.807) is 11.4 Å². The topological polar surface area (TPSA) is 55.4 Å². The summed E-state index contributed by atoms with van der Waals surface area (Å²) in [6.07, 6.45) is 0. The van der Waals surface area contributed by atoms with Crippen molar-refractivity contribution in [3.8, 4) is 5.75 Å². The van der Waals surface area contributed by atoms with Crippen molar-refractivity contribution in [3.05, 3.63) is 16.3 Å². The van der Waals surface area contributed by atoms with Crippen LogP contribution in [-0.4, -0.2) is 25.3 Å². The maximum atomic E-state index is 11.5. The van der Waals surface area contributed by atoms with Crippen LogP contribution in [0.5, 0.6) is 5.75 Å². The molecule has 1 rings (SSSR count). The van der Waals surface area contributed by atoms with Gasteiger partial charge in [0.25, 0.3) is 5.91 Å². The van der Waals surface area contributed by atoms with E-state index in [2.05, 4.69) is 5.32 Å². The molecule has 0 saturated carbocycles. The fourth-order valence-electron chi connectivity index (χ4n) is 0.909. The van der Waals surface area contributed by atoms with Crippen LogP contribution in [0.1, 0.15) is 16.6 Å². The molecule has 14 heavy (non-hydrogen) atoms. The third-order valence-electron chi connectivity index (χ3n) is 1.55. The summed E-state index contributed by atoms with van der Waals surface area (Å²) < 4.78 is 4.98. The lowest BCUT2D eigenvalue weighted by atomic mass is 10.4. The summed E-state index contributed by atoms with van der Waals surface area (Å²) in [5.74, 6) is 0.192. The maximum Gasteiger partial charge on any atom is 0.265 e. The zero-order valence-corrected chi connectivity index (χ0v) is 8.81. The third kappa shape index (κ3) is 2.56. The van der Waals surface area contributed by atoms with E-state index in [-0.39, 0.29) is 18.2 Å². The Morgan fingerprint density at radius 2 is 2.29 bits per heavy atom. The van der Waals surface area contributed by atoms with Gasteiger partial charge in [-0.25, -0.2) is 0 Å². The molecule has 0 aliphatic carbocycles. The van der Waals surface area contributed by atoms with E-state index in [0.717, 1.165) is 0 Å². The number of Topliss-reactive ketones (excluding diaryl/α,β-unsaturated/α-hetero) is 1.